The lowest BCUT2D eigenvalue weighted by molar-refractivity contribution is -0.123. The molecule has 186 valence electrons. The van der Waals surface area contributed by atoms with Crippen LogP contribution in [0.25, 0.3) is 17.0 Å². The summed E-state index contributed by atoms with van der Waals surface area (Å²) in [6.45, 7) is 4.31. The lowest BCUT2D eigenvalue weighted by atomic mass is 10.1. The summed E-state index contributed by atoms with van der Waals surface area (Å²) in [5.74, 6) is -0.410. The fourth-order valence-corrected chi connectivity index (χ4v) is 5.35. The number of aromatic nitrogens is 1. The van der Waals surface area contributed by atoms with Crippen LogP contribution in [-0.4, -0.2) is 26.5 Å². The van der Waals surface area contributed by atoms with Crippen LogP contribution in [0.3, 0.4) is 0 Å². The molecule has 1 aliphatic rings. The van der Waals surface area contributed by atoms with Crippen LogP contribution in [0, 0.1) is 6.92 Å². The first-order valence-corrected chi connectivity index (χ1v) is 12.9. The zero-order valence-corrected chi connectivity index (χ0v) is 21.5. The predicted octanol–water partition coefficient (Wildman–Crippen LogP) is 6.06. The molecule has 0 bridgehead atoms. The Kier molecular flexibility index (Phi) is 6.97. The molecule has 0 radical (unpaired) electrons. The van der Waals surface area contributed by atoms with E-state index in [2.05, 4.69) is 5.32 Å². The molecule has 2 heterocycles. The van der Waals surface area contributed by atoms with E-state index >= 15 is 0 Å². The van der Waals surface area contributed by atoms with E-state index in [0.29, 0.717) is 4.91 Å². The molecule has 1 N–H and O–H groups in total. The molecule has 1 saturated heterocycles. The standard InChI is InChI=1S/C30H27N3O3S/c1-20-10-6-7-13-23(20)18-33-29(35)27(37-30(33)36)16-24-17-32(26-15-9-8-14-25(24)26)19-28(34)31-21(2)22-11-4-3-5-12-22/h3-17,21H,18-19H2,1-2H3,(H,31,34)/b27-16-. The molecule has 0 aliphatic carbocycles. The van der Waals surface area contributed by atoms with Gasteiger partial charge in [0.2, 0.25) is 5.91 Å². The van der Waals surface area contributed by atoms with Crippen LogP contribution in [0.5, 0.6) is 0 Å². The van der Waals surface area contributed by atoms with Crippen molar-refractivity contribution in [3.05, 3.63) is 112 Å². The van der Waals surface area contributed by atoms with Crippen molar-refractivity contribution >= 4 is 45.8 Å². The molecule has 4 aromatic rings. The minimum atomic E-state index is -0.301. The third-order valence-corrected chi connectivity index (χ3v) is 7.47. The minimum Gasteiger partial charge on any atom is -0.348 e. The third-order valence-electron chi connectivity index (χ3n) is 6.56. The number of hydrogen-bond acceptors (Lipinski definition) is 4. The van der Waals surface area contributed by atoms with E-state index in [1.54, 1.807) is 6.08 Å². The first-order chi connectivity index (χ1) is 17.9. The second-order valence-electron chi connectivity index (χ2n) is 9.12. The van der Waals surface area contributed by atoms with Crippen molar-refractivity contribution in [1.82, 2.24) is 14.8 Å². The fourth-order valence-electron chi connectivity index (χ4n) is 4.52. The van der Waals surface area contributed by atoms with E-state index in [0.717, 1.165) is 44.9 Å². The number of nitrogens with one attached hydrogen (secondary N) is 1. The molecule has 0 saturated carbocycles. The Morgan fingerprint density at radius 1 is 0.973 bits per heavy atom. The molecule has 0 spiro atoms. The van der Waals surface area contributed by atoms with Crippen molar-refractivity contribution in [3.63, 3.8) is 0 Å². The monoisotopic (exact) mass is 509 g/mol. The number of fused-ring (bicyclic) bond motifs is 1. The molecule has 3 aromatic carbocycles. The number of nitrogens with zero attached hydrogens (tertiary/aromatic N) is 2. The van der Waals surface area contributed by atoms with Crippen molar-refractivity contribution < 1.29 is 14.4 Å². The van der Waals surface area contributed by atoms with Crippen molar-refractivity contribution in [2.75, 3.05) is 0 Å². The molecule has 1 atom stereocenters. The number of para-hydroxylation sites is 1. The van der Waals surface area contributed by atoms with Gasteiger partial charge in [-0.15, -0.1) is 0 Å². The van der Waals surface area contributed by atoms with Gasteiger partial charge in [-0.05, 0) is 54.4 Å². The highest BCUT2D eigenvalue weighted by atomic mass is 32.2. The summed E-state index contributed by atoms with van der Waals surface area (Å²) < 4.78 is 1.88. The maximum atomic E-state index is 13.2. The lowest BCUT2D eigenvalue weighted by Crippen LogP contribution is -2.29. The van der Waals surface area contributed by atoms with Crippen LogP contribution in [0.1, 0.15) is 35.2 Å². The zero-order valence-electron chi connectivity index (χ0n) is 20.7. The second kappa shape index (κ2) is 10.5. The number of hydrogen-bond donors (Lipinski definition) is 1. The van der Waals surface area contributed by atoms with Gasteiger partial charge in [-0.1, -0.05) is 72.8 Å². The Labute approximate surface area is 220 Å². The highest BCUT2D eigenvalue weighted by Crippen LogP contribution is 2.35. The average Bonchev–Trinajstić information content (AvgIpc) is 3.37. The largest absolute Gasteiger partial charge is 0.348 e. The summed E-state index contributed by atoms with van der Waals surface area (Å²) in [7, 11) is 0. The van der Waals surface area contributed by atoms with Crippen LogP contribution in [-0.2, 0) is 22.7 Å². The number of benzene rings is 3. The first-order valence-electron chi connectivity index (χ1n) is 12.1. The lowest BCUT2D eigenvalue weighted by Gasteiger charge is -2.15. The number of rotatable bonds is 7. The smallest absolute Gasteiger partial charge is 0.293 e. The van der Waals surface area contributed by atoms with Crippen molar-refractivity contribution in [1.29, 1.82) is 0 Å². The van der Waals surface area contributed by atoms with Crippen LogP contribution < -0.4 is 5.32 Å². The van der Waals surface area contributed by atoms with E-state index in [1.165, 1.54) is 4.90 Å². The van der Waals surface area contributed by atoms with Crippen molar-refractivity contribution in [2.45, 2.75) is 33.0 Å². The average molecular weight is 510 g/mol. The molecule has 37 heavy (non-hydrogen) atoms. The first kappa shape index (κ1) is 24.6. The summed E-state index contributed by atoms with van der Waals surface area (Å²) in [6, 6.07) is 25.2. The van der Waals surface area contributed by atoms with E-state index in [-0.39, 0.29) is 36.2 Å². The summed E-state index contributed by atoms with van der Waals surface area (Å²) >= 11 is 0.949. The van der Waals surface area contributed by atoms with Crippen LogP contribution in [0.4, 0.5) is 4.79 Å². The summed E-state index contributed by atoms with van der Waals surface area (Å²) in [4.78, 5) is 40.4. The molecule has 1 unspecified atom stereocenters. The number of carbonyl (C=O) groups excluding carboxylic acids is 3. The Morgan fingerprint density at radius 2 is 1.68 bits per heavy atom. The second-order valence-corrected chi connectivity index (χ2v) is 10.1. The van der Waals surface area contributed by atoms with Gasteiger partial charge in [0.25, 0.3) is 11.1 Å². The molecule has 3 amide bonds. The minimum absolute atomic E-state index is 0.109. The normalized spacial score (nSPS) is 15.5. The Bertz CT molecular complexity index is 1520. The fraction of sp³-hybridized carbons (Fsp3) is 0.167. The van der Waals surface area contributed by atoms with Crippen LogP contribution in [0.2, 0.25) is 0 Å². The van der Waals surface area contributed by atoms with Gasteiger partial charge in [-0.2, -0.15) is 0 Å². The number of amides is 3. The van der Waals surface area contributed by atoms with Gasteiger partial charge < -0.3 is 9.88 Å². The van der Waals surface area contributed by atoms with Crippen LogP contribution in [0.15, 0.2) is 90.0 Å². The number of aryl methyl sites for hydroxylation is 1. The molecule has 6 nitrogen and oxygen atoms in total. The quantitative estimate of drug-likeness (QED) is 0.307. The zero-order chi connectivity index (χ0) is 25.9. The Morgan fingerprint density at radius 3 is 2.46 bits per heavy atom. The van der Waals surface area contributed by atoms with Gasteiger partial charge in [0.05, 0.1) is 17.5 Å². The molecule has 1 aromatic heterocycles. The summed E-state index contributed by atoms with van der Waals surface area (Å²) in [5.41, 5.74) is 4.69. The van der Waals surface area contributed by atoms with Crippen molar-refractivity contribution in [2.24, 2.45) is 0 Å². The van der Waals surface area contributed by atoms with Gasteiger partial charge in [0, 0.05) is 22.7 Å². The van der Waals surface area contributed by atoms with Gasteiger partial charge in [0.1, 0.15) is 6.54 Å². The molecule has 1 fully saturated rings. The molecule has 1 aliphatic heterocycles. The van der Waals surface area contributed by atoms with Gasteiger partial charge in [-0.3, -0.25) is 19.3 Å². The van der Waals surface area contributed by atoms with Gasteiger partial charge >= 0.3 is 0 Å². The predicted molar refractivity (Wildman–Crippen MR) is 148 cm³/mol. The molecule has 7 heteroatoms. The van der Waals surface area contributed by atoms with Gasteiger partial charge in [-0.25, -0.2) is 0 Å². The maximum absolute atomic E-state index is 13.2. The number of imide groups is 1. The van der Waals surface area contributed by atoms with Crippen molar-refractivity contribution in [3.8, 4) is 0 Å². The van der Waals surface area contributed by atoms with E-state index in [9.17, 15) is 14.4 Å². The van der Waals surface area contributed by atoms with E-state index < -0.39 is 0 Å². The highest BCUT2D eigenvalue weighted by molar-refractivity contribution is 8.18. The Balaban J connectivity index is 1.37. The maximum Gasteiger partial charge on any atom is 0.293 e. The van der Waals surface area contributed by atoms with Gasteiger partial charge in [0.15, 0.2) is 0 Å². The summed E-state index contributed by atoms with van der Waals surface area (Å²) in [6.07, 6.45) is 3.62. The summed E-state index contributed by atoms with van der Waals surface area (Å²) in [5, 5.41) is 3.69. The highest BCUT2D eigenvalue weighted by Gasteiger charge is 2.35. The number of carbonyl (C=O) groups is 3. The SMILES string of the molecule is Cc1ccccc1CN1C(=O)S/C(=C\c2cn(CC(=O)NC(C)c3ccccc3)c3ccccc23)C1=O. The Hall–Kier alpha value is -4.10. The van der Waals surface area contributed by atoms with E-state index in [4.69, 9.17) is 0 Å². The van der Waals surface area contributed by atoms with E-state index in [1.807, 2.05) is 103 Å². The molecular formula is C30H27N3O3S. The topological polar surface area (TPSA) is 71.4 Å². The third kappa shape index (κ3) is 5.22. The molecular weight excluding hydrogens is 482 g/mol. The molecule has 5 rings (SSSR count). The van der Waals surface area contributed by atoms with Crippen LogP contribution >= 0.6 is 11.8 Å². The number of thioether (sulfide) groups is 1.